The number of carboxylic acids is 1. The molecule has 0 aromatic rings. The van der Waals surface area contributed by atoms with E-state index < -0.39 is 23.9 Å². The lowest BCUT2D eigenvalue weighted by Gasteiger charge is -2.11. The highest BCUT2D eigenvalue weighted by atomic mass is 16.4. The Balaban J connectivity index is 2.58. The van der Waals surface area contributed by atoms with Gasteiger partial charge in [0.1, 0.15) is 6.04 Å². The number of unbranched alkanes of at least 4 members (excludes halogenated alkanes) is 1. The number of rotatable bonds is 5. The molecular weight excluding hydrogens is 200 g/mol. The highest BCUT2D eigenvalue weighted by Gasteiger charge is 2.38. The minimum atomic E-state index is -1.09. The van der Waals surface area contributed by atoms with E-state index in [9.17, 15) is 14.4 Å². The SMILES string of the molecule is CCCCN1C(=O)NC(CC(=O)O)C1=O. The number of hydrogen-bond acceptors (Lipinski definition) is 3. The normalized spacial score (nSPS) is 20.6. The molecule has 1 saturated heterocycles. The van der Waals surface area contributed by atoms with Gasteiger partial charge in [-0.15, -0.1) is 0 Å². The predicted octanol–water partition coefficient (Wildman–Crippen LogP) is 0.182. The molecule has 6 nitrogen and oxygen atoms in total. The van der Waals surface area contributed by atoms with E-state index in [1.54, 1.807) is 0 Å². The van der Waals surface area contributed by atoms with Crippen LogP contribution in [0.2, 0.25) is 0 Å². The minimum absolute atomic E-state index is 0.354. The highest BCUT2D eigenvalue weighted by molar-refractivity contribution is 6.05. The van der Waals surface area contributed by atoms with E-state index in [4.69, 9.17) is 5.11 Å². The lowest BCUT2D eigenvalue weighted by molar-refractivity contribution is -0.140. The van der Waals surface area contributed by atoms with Crippen LogP contribution in [0.1, 0.15) is 26.2 Å². The Hall–Kier alpha value is -1.59. The van der Waals surface area contributed by atoms with Crippen LogP contribution >= 0.6 is 0 Å². The molecule has 1 unspecified atom stereocenters. The molecule has 3 amide bonds. The van der Waals surface area contributed by atoms with Crippen molar-refractivity contribution >= 4 is 17.9 Å². The smallest absolute Gasteiger partial charge is 0.324 e. The monoisotopic (exact) mass is 214 g/mol. The summed E-state index contributed by atoms with van der Waals surface area (Å²) in [4.78, 5) is 34.3. The maximum Gasteiger partial charge on any atom is 0.324 e. The molecule has 0 saturated carbocycles. The van der Waals surface area contributed by atoms with Gasteiger partial charge < -0.3 is 10.4 Å². The Labute approximate surface area is 87.2 Å². The lowest BCUT2D eigenvalue weighted by atomic mass is 10.2. The Bertz CT molecular complexity index is 290. The Morgan fingerprint density at radius 3 is 2.73 bits per heavy atom. The molecule has 0 radical (unpaired) electrons. The minimum Gasteiger partial charge on any atom is -0.481 e. The van der Waals surface area contributed by atoms with E-state index in [1.807, 2.05) is 6.92 Å². The van der Waals surface area contributed by atoms with Crippen LogP contribution < -0.4 is 5.32 Å². The summed E-state index contributed by atoms with van der Waals surface area (Å²) in [5.41, 5.74) is 0. The standard InChI is InChI=1S/C9H14N2O4/c1-2-3-4-11-8(14)6(5-7(12)13)10-9(11)15/h6H,2-5H2,1H3,(H,10,15)(H,12,13). The summed E-state index contributed by atoms with van der Waals surface area (Å²) in [5, 5.41) is 10.9. The fraction of sp³-hybridized carbons (Fsp3) is 0.667. The van der Waals surface area contributed by atoms with Gasteiger partial charge in [0.15, 0.2) is 0 Å². The number of imide groups is 1. The van der Waals surface area contributed by atoms with Gasteiger partial charge in [0.25, 0.3) is 5.91 Å². The van der Waals surface area contributed by atoms with Crippen molar-refractivity contribution in [1.82, 2.24) is 10.2 Å². The second-order valence-corrected chi connectivity index (χ2v) is 3.44. The van der Waals surface area contributed by atoms with Gasteiger partial charge in [-0.3, -0.25) is 14.5 Å². The van der Waals surface area contributed by atoms with Gasteiger partial charge in [-0.25, -0.2) is 4.79 Å². The summed E-state index contributed by atoms with van der Waals surface area (Å²) >= 11 is 0. The second-order valence-electron chi connectivity index (χ2n) is 3.44. The summed E-state index contributed by atoms with van der Waals surface area (Å²) in [6.07, 6.45) is 1.26. The number of amides is 3. The fourth-order valence-electron chi connectivity index (χ4n) is 1.42. The number of aliphatic carboxylic acids is 1. The predicted molar refractivity (Wildman–Crippen MR) is 51.2 cm³/mol. The fourth-order valence-corrected chi connectivity index (χ4v) is 1.42. The Morgan fingerprint density at radius 2 is 2.20 bits per heavy atom. The molecule has 1 heterocycles. The molecule has 1 atom stereocenters. The molecule has 84 valence electrons. The van der Waals surface area contributed by atoms with E-state index in [0.29, 0.717) is 6.54 Å². The third-order valence-corrected chi connectivity index (χ3v) is 2.22. The van der Waals surface area contributed by atoms with Gasteiger partial charge >= 0.3 is 12.0 Å². The number of nitrogens with one attached hydrogen (secondary N) is 1. The van der Waals surface area contributed by atoms with E-state index in [-0.39, 0.29) is 6.42 Å². The average molecular weight is 214 g/mol. The summed E-state index contributed by atoms with van der Waals surface area (Å²) in [7, 11) is 0. The van der Waals surface area contributed by atoms with Gasteiger partial charge in [-0.2, -0.15) is 0 Å². The number of urea groups is 1. The highest BCUT2D eigenvalue weighted by Crippen LogP contribution is 2.10. The molecule has 0 bridgehead atoms. The zero-order chi connectivity index (χ0) is 11.4. The summed E-state index contributed by atoms with van der Waals surface area (Å²) in [6.45, 7) is 2.31. The maximum absolute atomic E-state index is 11.5. The number of hydrogen-bond donors (Lipinski definition) is 2. The quantitative estimate of drug-likeness (QED) is 0.639. The second kappa shape index (κ2) is 4.77. The molecule has 2 N–H and O–H groups in total. The van der Waals surface area contributed by atoms with Crippen LogP contribution in [-0.4, -0.2) is 40.5 Å². The molecule has 1 fully saturated rings. The van der Waals surface area contributed by atoms with E-state index in [2.05, 4.69) is 5.32 Å². The van der Waals surface area contributed by atoms with Crippen molar-refractivity contribution in [1.29, 1.82) is 0 Å². The van der Waals surface area contributed by atoms with Crippen molar-refractivity contribution in [3.63, 3.8) is 0 Å². The molecule has 0 spiro atoms. The molecule has 15 heavy (non-hydrogen) atoms. The number of nitrogens with zero attached hydrogens (tertiary/aromatic N) is 1. The largest absolute Gasteiger partial charge is 0.481 e. The zero-order valence-electron chi connectivity index (χ0n) is 8.52. The van der Waals surface area contributed by atoms with Crippen LogP contribution in [0.3, 0.4) is 0 Å². The first-order chi connectivity index (χ1) is 7.06. The molecule has 0 aromatic carbocycles. The molecule has 0 aliphatic carbocycles. The number of carboxylic acid groups (broad SMARTS) is 1. The molecule has 1 rings (SSSR count). The van der Waals surface area contributed by atoms with Crippen molar-refractivity contribution in [2.24, 2.45) is 0 Å². The van der Waals surface area contributed by atoms with E-state index in [0.717, 1.165) is 17.7 Å². The van der Waals surface area contributed by atoms with Crippen molar-refractivity contribution in [3.05, 3.63) is 0 Å². The average Bonchev–Trinajstić information content (AvgIpc) is 2.39. The van der Waals surface area contributed by atoms with E-state index in [1.165, 1.54) is 0 Å². The first kappa shape index (κ1) is 11.5. The molecule has 1 aliphatic heterocycles. The van der Waals surface area contributed by atoms with Crippen LogP contribution in [0, 0.1) is 0 Å². The Morgan fingerprint density at radius 1 is 1.53 bits per heavy atom. The first-order valence-corrected chi connectivity index (χ1v) is 4.90. The van der Waals surface area contributed by atoms with Crippen LogP contribution in [0.15, 0.2) is 0 Å². The zero-order valence-corrected chi connectivity index (χ0v) is 8.52. The van der Waals surface area contributed by atoms with Gasteiger partial charge in [0.05, 0.1) is 6.42 Å². The Kier molecular flexibility index (Phi) is 3.65. The molecule has 1 aliphatic rings. The van der Waals surface area contributed by atoms with Gasteiger partial charge in [0.2, 0.25) is 0 Å². The summed E-state index contributed by atoms with van der Waals surface area (Å²) < 4.78 is 0. The van der Waals surface area contributed by atoms with Gasteiger partial charge in [0, 0.05) is 6.54 Å². The van der Waals surface area contributed by atoms with Crippen molar-refractivity contribution in [2.45, 2.75) is 32.2 Å². The first-order valence-electron chi connectivity index (χ1n) is 4.90. The van der Waals surface area contributed by atoms with Crippen molar-refractivity contribution in [2.75, 3.05) is 6.54 Å². The molecule has 6 heteroatoms. The topological polar surface area (TPSA) is 86.7 Å². The van der Waals surface area contributed by atoms with Gasteiger partial charge in [-0.05, 0) is 6.42 Å². The lowest BCUT2D eigenvalue weighted by Crippen LogP contribution is -2.33. The summed E-state index contributed by atoms with van der Waals surface area (Å²) in [6, 6.07) is -1.38. The third kappa shape index (κ3) is 2.68. The van der Waals surface area contributed by atoms with Crippen molar-refractivity contribution in [3.8, 4) is 0 Å². The van der Waals surface area contributed by atoms with Gasteiger partial charge in [-0.1, -0.05) is 13.3 Å². The third-order valence-electron chi connectivity index (χ3n) is 2.22. The molecular formula is C9H14N2O4. The van der Waals surface area contributed by atoms with Crippen LogP contribution in [0.4, 0.5) is 4.79 Å². The summed E-state index contributed by atoms with van der Waals surface area (Å²) in [5.74, 6) is -1.53. The number of carbonyl (C=O) groups is 3. The number of carbonyl (C=O) groups excluding carboxylic acids is 2. The van der Waals surface area contributed by atoms with E-state index >= 15 is 0 Å². The molecule has 0 aromatic heterocycles. The van der Waals surface area contributed by atoms with Crippen molar-refractivity contribution < 1.29 is 19.5 Å². The van der Waals surface area contributed by atoms with Crippen LogP contribution in [-0.2, 0) is 9.59 Å². The van der Waals surface area contributed by atoms with Crippen LogP contribution in [0.25, 0.3) is 0 Å². The van der Waals surface area contributed by atoms with Crippen LogP contribution in [0.5, 0.6) is 0 Å². The maximum atomic E-state index is 11.5.